The van der Waals surface area contributed by atoms with Gasteiger partial charge in [0.2, 0.25) is 0 Å². The summed E-state index contributed by atoms with van der Waals surface area (Å²) in [5, 5.41) is 3.51. The smallest absolute Gasteiger partial charge is 0.270 e. The zero-order valence-corrected chi connectivity index (χ0v) is 14.3. The molecule has 3 N–H and O–H groups in total. The van der Waals surface area contributed by atoms with E-state index in [2.05, 4.69) is 10.3 Å². The van der Waals surface area contributed by atoms with Crippen molar-refractivity contribution in [3.05, 3.63) is 88.7 Å². The second kappa shape index (κ2) is 7.92. The number of aromatic nitrogens is 1. The van der Waals surface area contributed by atoms with Crippen LogP contribution in [-0.4, -0.2) is 10.9 Å². The van der Waals surface area contributed by atoms with Crippen molar-refractivity contribution in [1.29, 1.82) is 0 Å². The third-order valence-corrected chi connectivity index (χ3v) is 4.26. The molecule has 0 unspecified atom stereocenters. The highest BCUT2D eigenvalue weighted by molar-refractivity contribution is 6.31. The van der Waals surface area contributed by atoms with Crippen molar-refractivity contribution >= 4 is 17.5 Å². The van der Waals surface area contributed by atoms with E-state index in [0.29, 0.717) is 23.8 Å². The molecule has 0 radical (unpaired) electrons. The van der Waals surface area contributed by atoms with Gasteiger partial charge in [0.05, 0.1) is 0 Å². The van der Waals surface area contributed by atoms with Gasteiger partial charge in [-0.1, -0.05) is 54.1 Å². The van der Waals surface area contributed by atoms with Crippen LogP contribution in [-0.2, 0) is 13.1 Å². The quantitative estimate of drug-likeness (QED) is 0.734. The van der Waals surface area contributed by atoms with Crippen LogP contribution in [0.15, 0.2) is 66.9 Å². The first-order chi connectivity index (χ1) is 12.2. The number of nitrogens with one attached hydrogen (secondary N) is 1. The summed E-state index contributed by atoms with van der Waals surface area (Å²) < 4.78 is 0. The van der Waals surface area contributed by atoms with Gasteiger partial charge in [-0.15, -0.1) is 0 Å². The van der Waals surface area contributed by atoms with Crippen LogP contribution in [0.5, 0.6) is 0 Å². The van der Waals surface area contributed by atoms with Crippen molar-refractivity contribution in [3.8, 4) is 11.1 Å². The third kappa shape index (κ3) is 4.05. The second-order valence-corrected chi connectivity index (χ2v) is 5.99. The molecule has 5 heteroatoms. The Hall–Kier alpha value is -2.69. The van der Waals surface area contributed by atoms with Crippen LogP contribution in [0.3, 0.4) is 0 Å². The molecule has 2 aromatic carbocycles. The van der Waals surface area contributed by atoms with Crippen molar-refractivity contribution in [2.24, 2.45) is 5.73 Å². The molecule has 1 aromatic heterocycles. The zero-order chi connectivity index (χ0) is 17.6. The number of carbonyl (C=O) groups excluding carboxylic acids is 1. The molecule has 3 rings (SSSR count). The number of pyridine rings is 1. The van der Waals surface area contributed by atoms with Gasteiger partial charge in [0.1, 0.15) is 5.69 Å². The molecule has 0 aliphatic rings. The lowest BCUT2D eigenvalue weighted by Crippen LogP contribution is -2.24. The minimum Gasteiger partial charge on any atom is -0.347 e. The fourth-order valence-electron chi connectivity index (χ4n) is 2.59. The molecule has 4 nitrogen and oxygen atoms in total. The summed E-state index contributed by atoms with van der Waals surface area (Å²) in [6.07, 6.45) is 1.61. The lowest BCUT2D eigenvalue weighted by Gasteiger charge is -2.11. The highest BCUT2D eigenvalue weighted by Gasteiger charge is 2.14. The molecular weight excluding hydrogens is 334 g/mol. The summed E-state index contributed by atoms with van der Waals surface area (Å²) in [6.45, 7) is 0.791. The first-order valence-corrected chi connectivity index (χ1v) is 8.33. The van der Waals surface area contributed by atoms with Crippen molar-refractivity contribution in [1.82, 2.24) is 10.3 Å². The van der Waals surface area contributed by atoms with Gasteiger partial charge >= 0.3 is 0 Å². The number of benzene rings is 2. The summed E-state index contributed by atoms with van der Waals surface area (Å²) in [7, 11) is 0. The maximum absolute atomic E-state index is 12.6. The van der Waals surface area contributed by atoms with Gasteiger partial charge < -0.3 is 11.1 Å². The third-order valence-electron chi connectivity index (χ3n) is 3.89. The summed E-state index contributed by atoms with van der Waals surface area (Å²) >= 11 is 6.14. The van der Waals surface area contributed by atoms with Crippen LogP contribution < -0.4 is 11.1 Å². The molecule has 0 saturated heterocycles. The van der Waals surface area contributed by atoms with Crippen LogP contribution in [0.25, 0.3) is 11.1 Å². The molecule has 0 atom stereocenters. The number of amides is 1. The standard InChI is InChI=1S/C20H18ClN3O/c21-18-9-2-1-6-16(18)13-24-20(25)19-17(8-4-10-23-19)15-7-3-5-14(11-15)12-22/h1-11H,12-13,22H2,(H,24,25). The Morgan fingerprint density at radius 1 is 1.08 bits per heavy atom. The molecule has 0 spiro atoms. The number of halogens is 1. The van der Waals surface area contributed by atoms with E-state index in [1.807, 2.05) is 54.6 Å². The highest BCUT2D eigenvalue weighted by atomic mass is 35.5. The fourth-order valence-corrected chi connectivity index (χ4v) is 2.79. The lowest BCUT2D eigenvalue weighted by atomic mass is 10.0. The molecule has 0 aliphatic carbocycles. The van der Waals surface area contributed by atoms with Gasteiger partial charge in [0.25, 0.3) is 5.91 Å². The summed E-state index contributed by atoms with van der Waals surface area (Å²) in [5.41, 5.74) is 9.65. The van der Waals surface area contributed by atoms with Crippen molar-refractivity contribution in [2.45, 2.75) is 13.1 Å². The Labute approximate surface area is 151 Å². The molecule has 0 bridgehead atoms. The lowest BCUT2D eigenvalue weighted by molar-refractivity contribution is 0.0946. The van der Waals surface area contributed by atoms with Gasteiger partial charge in [-0.3, -0.25) is 9.78 Å². The van der Waals surface area contributed by atoms with E-state index in [1.165, 1.54) is 0 Å². The van der Waals surface area contributed by atoms with Gasteiger partial charge in [0.15, 0.2) is 0 Å². The monoisotopic (exact) mass is 351 g/mol. The Morgan fingerprint density at radius 2 is 1.92 bits per heavy atom. The summed E-state index contributed by atoms with van der Waals surface area (Å²) in [5.74, 6) is -0.242. The van der Waals surface area contributed by atoms with Crippen molar-refractivity contribution in [2.75, 3.05) is 0 Å². The van der Waals surface area contributed by atoms with Gasteiger partial charge in [-0.05, 0) is 34.9 Å². The molecule has 1 heterocycles. The maximum atomic E-state index is 12.6. The Morgan fingerprint density at radius 3 is 2.72 bits per heavy atom. The molecular formula is C20H18ClN3O. The molecule has 0 aliphatic heterocycles. The number of rotatable bonds is 5. The van der Waals surface area contributed by atoms with Crippen LogP contribution in [0, 0.1) is 0 Å². The number of nitrogens with zero attached hydrogens (tertiary/aromatic N) is 1. The van der Waals surface area contributed by atoms with E-state index in [0.717, 1.165) is 22.3 Å². The molecule has 1 amide bonds. The zero-order valence-electron chi connectivity index (χ0n) is 13.6. The van der Waals surface area contributed by atoms with Crippen LogP contribution in [0.2, 0.25) is 5.02 Å². The van der Waals surface area contributed by atoms with Crippen molar-refractivity contribution < 1.29 is 4.79 Å². The molecule has 0 fully saturated rings. The van der Waals surface area contributed by atoms with Gasteiger partial charge in [0, 0.05) is 29.9 Å². The van der Waals surface area contributed by atoms with Gasteiger partial charge in [-0.25, -0.2) is 0 Å². The fraction of sp³-hybridized carbons (Fsp3) is 0.100. The summed E-state index contributed by atoms with van der Waals surface area (Å²) in [4.78, 5) is 16.9. The second-order valence-electron chi connectivity index (χ2n) is 5.58. The van der Waals surface area contributed by atoms with E-state index in [9.17, 15) is 4.79 Å². The van der Waals surface area contributed by atoms with E-state index >= 15 is 0 Å². The number of carbonyl (C=O) groups is 1. The number of hydrogen-bond acceptors (Lipinski definition) is 3. The normalized spacial score (nSPS) is 10.5. The predicted octanol–water partition coefficient (Wildman–Crippen LogP) is 3.79. The maximum Gasteiger partial charge on any atom is 0.270 e. The predicted molar refractivity (Wildman–Crippen MR) is 100 cm³/mol. The van der Waals surface area contributed by atoms with E-state index in [1.54, 1.807) is 12.3 Å². The minimum atomic E-state index is -0.242. The van der Waals surface area contributed by atoms with E-state index < -0.39 is 0 Å². The number of hydrogen-bond donors (Lipinski definition) is 2. The molecule has 126 valence electrons. The Kier molecular flexibility index (Phi) is 5.43. The Bertz CT molecular complexity index is 895. The largest absolute Gasteiger partial charge is 0.347 e. The average Bonchev–Trinajstić information content (AvgIpc) is 2.67. The molecule has 3 aromatic rings. The average molecular weight is 352 g/mol. The Balaban J connectivity index is 1.85. The minimum absolute atomic E-state index is 0.242. The molecule has 25 heavy (non-hydrogen) atoms. The van der Waals surface area contributed by atoms with Crippen molar-refractivity contribution in [3.63, 3.8) is 0 Å². The first kappa shape index (κ1) is 17.1. The first-order valence-electron chi connectivity index (χ1n) is 7.95. The van der Waals surface area contributed by atoms with Crippen LogP contribution in [0.4, 0.5) is 0 Å². The van der Waals surface area contributed by atoms with Crippen LogP contribution in [0.1, 0.15) is 21.6 Å². The van der Waals surface area contributed by atoms with Crippen LogP contribution >= 0.6 is 11.6 Å². The molecule has 0 saturated carbocycles. The number of nitrogens with two attached hydrogens (primary N) is 1. The topological polar surface area (TPSA) is 68.0 Å². The van der Waals surface area contributed by atoms with E-state index in [-0.39, 0.29) is 5.91 Å². The summed E-state index contributed by atoms with van der Waals surface area (Å²) in [6, 6.07) is 18.9. The van der Waals surface area contributed by atoms with Gasteiger partial charge in [-0.2, -0.15) is 0 Å². The highest BCUT2D eigenvalue weighted by Crippen LogP contribution is 2.23. The SMILES string of the molecule is NCc1cccc(-c2cccnc2C(=O)NCc2ccccc2Cl)c1. The van der Waals surface area contributed by atoms with E-state index in [4.69, 9.17) is 17.3 Å².